The quantitative estimate of drug-likeness (QED) is 0.396. The van der Waals surface area contributed by atoms with Crippen molar-refractivity contribution in [1.82, 2.24) is 15.5 Å². The van der Waals surface area contributed by atoms with E-state index in [9.17, 15) is 4.79 Å². The number of carbonyl (C=O) groups excluding carboxylic acids is 1. The highest BCUT2D eigenvalue weighted by Gasteiger charge is 2.24. The Bertz CT molecular complexity index is 493. The van der Waals surface area contributed by atoms with E-state index in [0.29, 0.717) is 12.5 Å². The number of methoxy groups -OCH3 is 1. The number of amides is 1. The van der Waals surface area contributed by atoms with Crippen LogP contribution in [-0.4, -0.2) is 57.2 Å². The Morgan fingerprint density at radius 1 is 1.52 bits per heavy atom. The van der Waals surface area contributed by atoms with Crippen molar-refractivity contribution < 1.29 is 13.9 Å². The van der Waals surface area contributed by atoms with Gasteiger partial charge in [0.2, 0.25) is 5.91 Å². The predicted molar refractivity (Wildman–Crippen MR) is 98.9 cm³/mol. The number of guanidine groups is 1. The summed E-state index contributed by atoms with van der Waals surface area (Å²) in [4.78, 5) is 18.2. The largest absolute Gasteiger partial charge is 0.467 e. The van der Waals surface area contributed by atoms with Gasteiger partial charge in [-0.25, -0.2) is 0 Å². The van der Waals surface area contributed by atoms with Gasteiger partial charge in [-0.05, 0) is 18.6 Å². The lowest BCUT2D eigenvalue weighted by molar-refractivity contribution is -0.120. The minimum absolute atomic E-state index is 0. The van der Waals surface area contributed by atoms with Crippen molar-refractivity contribution in [3.8, 4) is 0 Å². The minimum atomic E-state index is -0.0924. The highest BCUT2D eigenvalue weighted by molar-refractivity contribution is 14.0. The first-order valence-electron chi connectivity index (χ1n) is 7.46. The molecule has 2 N–H and O–H groups in total. The molecule has 1 atom stereocenters. The van der Waals surface area contributed by atoms with E-state index in [1.165, 1.54) is 0 Å². The Hall–Kier alpha value is -1.29. The first kappa shape index (κ1) is 19.8. The molecule has 2 heterocycles. The van der Waals surface area contributed by atoms with E-state index in [0.717, 1.165) is 37.8 Å². The molecule has 0 bridgehead atoms. The number of ether oxygens (including phenoxy) is 1. The van der Waals surface area contributed by atoms with E-state index in [1.807, 2.05) is 6.07 Å². The smallest absolute Gasteiger partial charge is 0.239 e. The zero-order valence-corrected chi connectivity index (χ0v) is 15.9. The number of aliphatic imine (C=N–C) groups is 1. The van der Waals surface area contributed by atoms with Crippen molar-refractivity contribution in [2.24, 2.45) is 10.9 Å². The maximum Gasteiger partial charge on any atom is 0.239 e. The van der Waals surface area contributed by atoms with Crippen molar-refractivity contribution in [2.45, 2.75) is 13.0 Å². The topological polar surface area (TPSA) is 79.1 Å². The molecular formula is C15H25IN4O3. The van der Waals surface area contributed by atoms with Crippen LogP contribution in [0.4, 0.5) is 0 Å². The molecular weight excluding hydrogens is 411 g/mol. The average molecular weight is 436 g/mol. The van der Waals surface area contributed by atoms with E-state index >= 15 is 0 Å². The molecule has 1 amide bonds. The molecule has 0 radical (unpaired) electrons. The van der Waals surface area contributed by atoms with Gasteiger partial charge in [0.1, 0.15) is 5.76 Å². The lowest BCUT2D eigenvalue weighted by atomic mass is 10.1. The van der Waals surface area contributed by atoms with Gasteiger partial charge in [-0.3, -0.25) is 9.79 Å². The number of nitrogens with one attached hydrogen (secondary N) is 2. The first-order valence-corrected chi connectivity index (χ1v) is 7.46. The summed E-state index contributed by atoms with van der Waals surface area (Å²) in [6.07, 6.45) is 2.67. The Morgan fingerprint density at radius 3 is 3.00 bits per heavy atom. The minimum Gasteiger partial charge on any atom is -0.467 e. The van der Waals surface area contributed by atoms with Gasteiger partial charge in [-0.2, -0.15) is 0 Å². The summed E-state index contributed by atoms with van der Waals surface area (Å²) in [7, 11) is 3.45. The average Bonchev–Trinajstić information content (AvgIpc) is 3.18. The fourth-order valence-corrected chi connectivity index (χ4v) is 2.55. The van der Waals surface area contributed by atoms with Gasteiger partial charge in [0.15, 0.2) is 5.96 Å². The third kappa shape index (κ3) is 6.38. The van der Waals surface area contributed by atoms with Gasteiger partial charge in [0, 0.05) is 33.2 Å². The van der Waals surface area contributed by atoms with E-state index in [2.05, 4.69) is 20.5 Å². The number of hydrogen-bond donors (Lipinski definition) is 2. The molecule has 0 aromatic carbocycles. The number of carbonyl (C=O) groups is 1. The molecule has 7 nitrogen and oxygen atoms in total. The van der Waals surface area contributed by atoms with E-state index in [1.54, 1.807) is 26.5 Å². The summed E-state index contributed by atoms with van der Waals surface area (Å²) in [6.45, 7) is 3.19. The Kier molecular flexibility index (Phi) is 9.00. The molecule has 0 spiro atoms. The molecule has 1 saturated heterocycles. The fourth-order valence-electron chi connectivity index (χ4n) is 2.55. The fraction of sp³-hybridized carbons (Fsp3) is 0.600. The van der Waals surface area contributed by atoms with Gasteiger partial charge in [-0.15, -0.1) is 24.0 Å². The summed E-state index contributed by atoms with van der Waals surface area (Å²) in [6, 6.07) is 3.62. The number of furan rings is 1. The van der Waals surface area contributed by atoms with Crippen LogP contribution >= 0.6 is 24.0 Å². The van der Waals surface area contributed by atoms with E-state index in [4.69, 9.17) is 9.15 Å². The van der Waals surface area contributed by atoms with Crippen LogP contribution in [0.1, 0.15) is 12.2 Å². The van der Waals surface area contributed by atoms with Crippen LogP contribution in [0.15, 0.2) is 27.8 Å². The van der Waals surface area contributed by atoms with E-state index in [-0.39, 0.29) is 36.4 Å². The number of nitrogens with zero attached hydrogens (tertiary/aromatic N) is 2. The van der Waals surface area contributed by atoms with Crippen molar-refractivity contribution >= 4 is 35.8 Å². The second-order valence-electron chi connectivity index (χ2n) is 5.31. The lowest BCUT2D eigenvalue weighted by Gasteiger charge is -2.21. The molecule has 1 aromatic rings. The van der Waals surface area contributed by atoms with Crippen molar-refractivity contribution in [2.75, 3.05) is 40.4 Å². The standard InChI is InChI=1S/C15H24N4O3.HI/c1-16-15(19-6-5-12(10-19)11-21-2)18-9-14(20)17-8-13-4-3-7-22-13;/h3-4,7,12H,5-6,8-11H2,1-2H3,(H,16,18)(H,17,20);1H. The summed E-state index contributed by atoms with van der Waals surface area (Å²) < 4.78 is 10.4. The van der Waals surface area contributed by atoms with Crippen LogP contribution in [0.3, 0.4) is 0 Å². The maximum absolute atomic E-state index is 11.8. The number of rotatable bonds is 6. The summed E-state index contributed by atoms with van der Waals surface area (Å²) in [5.74, 6) is 1.92. The molecule has 8 heteroatoms. The van der Waals surface area contributed by atoms with Crippen LogP contribution in [0.2, 0.25) is 0 Å². The maximum atomic E-state index is 11.8. The van der Waals surface area contributed by atoms with E-state index < -0.39 is 0 Å². The summed E-state index contributed by atoms with van der Waals surface area (Å²) >= 11 is 0. The molecule has 1 aliphatic rings. The van der Waals surface area contributed by atoms with Crippen molar-refractivity contribution in [3.63, 3.8) is 0 Å². The van der Waals surface area contributed by atoms with Gasteiger partial charge >= 0.3 is 0 Å². The van der Waals surface area contributed by atoms with Crippen LogP contribution < -0.4 is 10.6 Å². The molecule has 130 valence electrons. The Morgan fingerprint density at radius 2 is 2.35 bits per heavy atom. The number of halogens is 1. The monoisotopic (exact) mass is 436 g/mol. The van der Waals surface area contributed by atoms with Gasteiger partial charge in [-0.1, -0.05) is 0 Å². The van der Waals surface area contributed by atoms with Crippen LogP contribution in [0, 0.1) is 5.92 Å². The third-order valence-electron chi connectivity index (χ3n) is 3.65. The summed E-state index contributed by atoms with van der Waals surface area (Å²) in [5.41, 5.74) is 0. The summed E-state index contributed by atoms with van der Waals surface area (Å²) in [5, 5.41) is 5.89. The van der Waals surface area contributed by atoms with Crippen LogP contribution in [0.5, 0.6) is 0 Å². The molecule has 2 rings (SSSR count). The zero-order chi connectivity index (χ0) is 15.8. The molecule has 1 unspecified atom stereocenters. The van der Waals surface area contributed by atoms with Gasteiger partial charge in [0.05, 0.1) is 26.0 Å². The third-order valence-corrected chi connectivity index (χ3v) is 3.65. The molecule has 0 saturated carbocycles. The normalized spacial score (nSPS) is 17.7. The highest BCUT2D eigenvalue weighted by Crippen LogP contribution is 2.16. The number of likely N-dealkylation sites (tertiary alicyclic amines) is 1. The zero-order valence-electron chi connectivity index (χ0n) is 13.6. The molecule has 1 aliphatic heterocycles. The lowest BCUT2D eigenvalue weighted by Crippen LogP contribution is -2.44. The van der Waals surface area contributed by atoms with Crippen molar-refractivity contribution in [3.05, 3.63) is 24.2 Å². The van der Waals surface area contributed by atoms with Crippen molar-refractivity contribution in [1.29, 1.82) is 0 Å². The molecule has 23 heavy (non-hydrogen) atoms. The van der Waals surface area contributed by atoms with Gasteiger partial charge in [0.25, 0.3) is 0 Å². The number of hydrogen-bond acceptors (Lipinski definition) is 4. The second kappa shape index (κ2) is 10.5. The highest BCUT2D eigenvalue weighted by atomic mass is 127. The predicted octanol–water partition coefficient (Wildman–Crippen LogP) is 1.06. The Labute approximate surface area is 153 Å². The Balaban J connectivity index is 0.00000264. The molecule has 1 fully saturated rings. The van der Waals surface area contributed by atoms with Gasteiger partial charge < -0.3 is 24.7 Å². The molecule has 1 aromatic heterocycles. The van der Waals surface area contributed by atoms with Crippen LogP contribution in [-0.2, 0) is 16.1 Å². The molecule has 0 aliphatic carbocycles. The second-order valence-corrected chi connectivity index (χ2v) is 5.31. The SMILES string of the molecule is CN=C(NCC(=O)NCc1ccco1)N1CCC(COC)C1.I. The van der Waals surface area contributed by atoms with Crippen LogP contribution in [0.25, 0.3) is 0 Å². The first-order chi connectivity index (χ1) is 10.7.